The number of carbonyl (C=O) groups is 2. The van der Waals surface area contributed by atoms with Gasteiger partial charge in [-0.3, -0.25) is 4.79 Å². The minimum atomic E-state index is -4.38. The predicted octanol–water partition coefficient (Wildman–Crippen LogP) is 4.06. The van der Waals surface area contributed by atoms with Gasteiger partial charge in [0.2, 0.25) is 5.91 Å². The summed E-state index contributed by atoms with van der Waals surface area (Å²) < 4.78 is 43.9. The van der Waals surface area contributed by atoms with Gasteiger partial charge >= 0.3 is 12.3 Å². The highest BCUT2D eigenvalue weighted by atomic mass is 19.4. The van der Waals surface area contributed by atoms with Crippen LogP contribution < -0.4 is 10.2 Å². The molecular formula is C23H26F3N3O3. The Bertz CT molecular complexity index is 898. The summed E-state index contributed by atoms with van der Waals surface area (Å²) in [5.74, 6) is -0.0341. The zero-order valence-corrected chi connectivity index (χ0v) is 17.6. The number of halogens is 3. The Balaban J connectivity index is 1.34. The number of hydrogen-bond donors (Lipinski definition) is 1. The number of benzene rings is 2. The largest absolute Gasteiger partial charge is 0.445 e. The summed E-state index contributed by atoms with van der Waals surface area (Å²) in [7, 11) is 0. The number of nitrogens with one attached hydrogen (secondary N) is 1. The number of alkyl carbamates (subject to hydrolysis) is 1. The Labute approximate surface area is 184 Å². The summed E-state index contributed by atoms with van der Waals surface area (Å²) >= 11 is 0. The van der Waals surface area contributed by atoms with Crippen molar-refractivity contribution in [1.82, 2.24) is 10.2 Å². The van der Waals surface area contributed by atoms with Crippen molar-refractivity contribution in [2.45, 2.75) is 25.6 Å². The van der Waals surface area contributed by atoms with Crippen molar-refractivity contribution in [3.63, 3.8) is 0 Å². The third-order valence-electron chi connectivity index (χ3n) is 5.22. The quantitative estimate of drug-likeness (QED) is 0.648. The molecule has 1 fully saturated rings. The van der Waals surface area contributed by atoms with Crippen molar-refractivity contribution in [2.24, 2.45) is 0 Å². The summed E-state index contributed by atoms with van der Waals surface area (Å²) in [6.45, 7) is 2.34. The number of anilines is 1. The smallest absolute Gasteiger partial charge is 0.416 e. The standard InChI is InChI=1S/C23H26F3N3O3/c24-23(25,26)19-8-4-9-20(16-19)28-12-14-29(15-13-28)21(30)10-5-11-27-22(31)32-17-18-6-2-1-3-7-18/h1-4,6-9,16H,5,10-15,17H2,(H,27,31). The Morgan fingerprint density at radius 2 is 1.69 bits per heavy atom. The molecule has 32 heavy (non-hydrogen) atoms. The van der Waals surface area contributed by atoms with E-state index in [2.05, 4.69) is 5.32 Å². The highest BCUT2D eigenvalue weighted by molar-refractivity contribution is 5.76. The van der Waals surface area contributed by atoms with Crippen molar-refractivity contribution in [2.75, 3.05) is 37.6 Å². The molecule has 1 N–H and O–H groups in total. The van der Waals surface area contributed by atoms with Crippen LogP contribution in [0.4, 0.5) is 23.7 Å². The lowest BCUT2D eigenvalue weighted by molar-refractivity contribution is -0.137. The first-order valence-corrected chi connectivity index (χ1v) is 10.5. The van der Waals surface area contributed by atoms with E-state index in [4.69, 9.17) is 4.74 Å². The van der Waals surface area contributed by atoms with Gasteiger partial charge in [-0.25, -0.2) is 4.79 Å². The number of amides is 2. The van der Waals surface area contributed by atoms with Gasteiger partial charge in [-0.15, -0.1) is 0 Å². The normalized spacial score (nSPS) is 14.2. The molecule has 1 saturated heterocycles. The lowest BCUT2D eigenvalue weighted by Gasteiger charge is -2.36. The highest BCUT2D eigenvalue weighted by Crippen LogP contribution is 2.31. The van der Waals surface area contributed by atoms with Gasteiger partial charge in [0.05, 0.1) is 5.56 Å². The van der Waals surface area contributed by atoms with Gasteiger partial charge in [0.25, 0.3) is 0 Å². The second-order valence-electron chi connectivity index (χ2n) is 7.51. The maximum absolute atomic E-state index is 12.9. The fourth-order valence-electron chi connectivity index (χ4n) is 3.46. The van der Waals surface area contributed by atoms with Crippen LogP contribution in [0.5, 0.6) is 0 Å². The molecule has 0 aromatic heterocycles. The van der Waals surface area contributed by atoms with E-state index in [-0.39, 0.29) is 18.9 Å². The first kappa shape index (κ1) is 23.4. The average molecular weight is 449 g/mol. The SMILES string of the molecule is O=C(NCCCC(=O)N1CCN(c2cccc(C(F)(F)F)c2)CC1)OCc1ccccc1. The number of hydrogen-bond acceptors (Lipinski definition) is 4. The van der Waals surface area contributed by atoms with E-state index in [1.54, 1.807) is 11.0 Å². The van der Waals surface area contributed by atoms with Crippen LogP contribution in [-0.4, -0.2) is 49.6 Å². The lowest BCUT2D eigenvalue weighted by atomic mass is 10.1. The van der Waals surface area contributed by atoms with E-state index >= 15 is 0 Å². The molecule has 0 bridgehead atoms. The number of ether oxygens (including phenoxy) is 1. The second kappa shape index (κ2) is 10.9. The van der Waals surface area contributed by atoms with Crippen molar-refractivity contribution < 1.29 is 27.5 Å². The van der Waals surface area contributed by atoms with E-state index < -0.39 is 17.8 Å². The van der Waals surface area contributed by atoms with Crippen molar-refractivity contribution in [3.8, 4) is 0 Å². The van der Waals surface area contributed by atoms with Crippen LogP contribution in [0, 0.1) is 0 Å². The minimum Gasteiger partial charge on any atom is -0.445 e. The fourth-order valence-corrected chi connectivity index (χ4v) is 3.46. The number of alkyl halides is 3. The van der Waals surface area contributed by atoms with Gasteiger partial charge in [-0.1, -0.05) is 36.4 Å². The molecule has 0 spiro atoms. The average Bonchev–Trinajstić information content (AvgIpc) is 2.80. The molecule has 2 aromatic carbocycles. The molecule has 9 heteroatoms. The van der Waals surface area contributed by atoms with Crippen molar-refractivity contribution in [1.29, 1.82) is 0 Å². The lowest BCUT2D eigenvalue weighted by Crippen LogP contribution is -2.48. The van der Waals surface area contributed by atoms with Crippen LogP contribution in [0.25, 0.3) is 0 Å². The van der Waals surface area contributed by atoms with Gasteiger partial charge in [0.15, 0.2) is 0 Å². The Kier molecular flexibility index (Phi) is 7.97. The van der Waals surface area contributed by atoms with E-state index in [9.17, 15) is 22.8 Å². The minimum absolute atomic E-state index is 0.0341. The molecule has 0 unspecified atom stereocenters. The van der Waals surface area contributed by atoms with Crippen LogP contribution in [0.1, 0.15) is 24.0 Å². The molecule has 0 radical (unpaired) electrons. The number of carbonyl (C=O) groups excluding carboxylic acids is 2. The number of nitrogens with zero attached hydrogens (tertiary/aromatic N) is 2. The second-order valence-corrected chi connectivity index (χ2v) is 7.51. The highest BCUT2D eigenvalue weighted by Gasteiger charge is 2.31. The molecule has 1 aliphatic rings. The summed E-state index contributed by atoms with van der Waals surface area (Å²) in [5.41, 5.74) is 0.718. The van der Waals surface area contributed by atoms with Gasteiger partial charge < -0.3 is 19.9 Å². The van der Waals surface area contributed by atoms with Gasteiger partial charge in [0.1, 0.15) is 6.61 Å². The number of rotatable bonds is 7. The van der Waals surface area contributed by atoms with Crippen LogP contribution in [-0.2, 0) is 22.3 Å². The maximum Gasteiger partial charge on any atom is 0.416 e. The first-order chi connectivity index (χ1) is 15.3. The zero-order valence-electron chi connectivity index (χ0n) is 17.6. The third-order valence-corrected chi connectivity index (χ3v) is 5.22. The first-order valence-electron chi connectivity index (χ1n) is 10.5. The molecule has 1 aliphatic heterocycles. The van der Waals surface area contributed by atoms with Crippen molar-refractivity contribution in [3.05, 3.63) is 65.7 Å². The van der Waals surface area contributed by atoms with E-state index in [0.29, 0.717) is 44.8 Å². The fraction of sp³-hybridized carbons (Fsp3) is 0.391. The number of piperazine rings is 1. The summed E-state index contributed by atoms with van der Waals surface area (Å²) in [6, 6.07) is 14.6. The molecule has 2 amide bonds. The molecule has 2 aromatic rings. The molecule has 3 rings (SSSR count). The van der Waals surface area contributed by atoms with Gasteiger partial charge in [-0.2, -0.15) is 13.2 Å². The Morgan fingerprint density at radius 1 is 0.969 bits per heavy atom. The topological polar surface area (TPSA) is 61.9 Å². The molecule has 0 saturated carbocycles. The van der Waals surface area contributed by atoms with Gasteiger partial charge in [-0.05, 0) is 30.2 Å². The molecule has 0 aliphatic carbocycles. The monoisotopic (exact) mass is 449 g/mol. The molecular weight excluding hydrogens is 423 g/mol. The Morgan fingerprint density at radius 3 is 2.38 bits per heavy atom. The van der Waals surface area contributed by atoms with E-state index in [1.807, 2.05) is 35.2 Å². The Hall–Kier alpha value is -3.23. The van der Waals surface area contributed by atoms with Crippen LogP contribution in [0.15, 0.2) is 54.6 Å². The zero-order chi connectivity index (χ0) is 23.0. The summed E-state index contributed by atoms with van der Waals surface area (Å²) in [6.07, 6.45) is -4.15. The predicted molar refractivity (Wildman–Crippen MR) is 114 cm³/mol. The van der Waals surface area contributed by atoms with Gasteiger partial charge in [0, 0.05) is 44.8 Å². The summed E-state index contributed by atoms with van der Waals surface area (Å²) in [5, 5.41) is 2.63. The molecule has 172 valence electrons. The molecule has 0 atom stereocenters. The molecule has 1 heterocycles. The molecule has 6 nitrogen and oxygen atoms in total. The summed E-state index contributed by atoms with van der Waals surface area (Å²) in [4.78, 5) is 27.7. The van der Waals surface area contributed by atoms with E-state index in [1.165, 1.54) is 6.07 Å². The van der Waals surface area contributed by atoms with Crippen LogP contribution >= 0.6 is 0 Å². The van der Waals surface area contributed by atoms with E-state index in [0.717, 1.165) is 17.7 Å². The van der Waals surface area contributed by atoms with Crippen molar-refractivity contribution >= 4 is 17.7 Å². The maximum atomic E-state index is 12.9. The third kappa shape index (κ3) is 6.90. The van der Waals surface area contributed by atoms with Crippen LogP contribution in [0.2, 0.25) is 0 Å². The van der Waals surface area contributed by atoms with Crippen LogP contribution in [0.3, 0.4) is 0 Å².